The van der Waals surface area contributed by atoms with Crippen LogP contribution in [0, 0.1) is 0 Å². The second-order valence-electron chi connectivity index (χ2n) is 14.3. The van der Waals surface area contributed by atoms with E-state index in [4.69, 9.17) is 0 Å². The highest BCUT2D eigenvalue weighted by Gasteiger charge is 2.14. The van der Waals surface area contributed by atoms with Crippen molar-refractivity contribution in [3.63, 3.8) is 0 Å². The highest BCUT2D eigenvalue weighted by molar-refractivity contribution is 7.54. The van der Waals surface area contributed by atoms with Crippen molar-refractivity contribution in [2.45, 2.75) is 232 Å². The van der Waals surface area contributed by atoms with Crippen LogP contribution in [0.4, 0.5) is 0 Å². The molecule has 0 saturated heterocycles. The Labute approximate surface area is 284 Å². The fourth-order valence-electron chi connectivity index (χ4n) is 7.04. The van der Waals surface area contributed by atoms with Crippen molar-refractivity contribution in [1.29, 1.82) is 0 Å². The smallest absolute Gasteiger partial charge is 0.199 e. The molecular formula is C42H79O2P. The molecule has 0 radical (unpaired) electrons. The maximum atomic E-state index is 10.1. The molecule has 0 heterocycles. The van der Waals surface area contributed by atoms with E-state index in [1.165, 1.54) is 217 Å². The maximum absolute atomic E-state index is 10.1. The molecule has 0 bridgehead atoms. The molecule has 264 valence electrons. The predicted molar refractivity (Wildman–Crippen MR) is 204 cm³/mol. The Hall–Kier alpha value is -0.430. The molecule has 0 aliphatic rings. The molecule has 0 atom stereocenters. The Morgan fingerprint density at radius 1 is 0.378 bits per heavy atom. The van der Waals surface area contributed by atoms with Gasteiger partial charge < -0.3 is 9.79 Å². The zero-order valence-corrected chi connectivity index (χ0v) is 31.5. The van der Waals surface area contributed by atoms with Crippen molar-refractivity contribution < 1.29 is 9.79 Å². The van der Waals surface area contributed by atoms with Crippen LogP contribution < -0.4 is 5.30 Å². The monoisotopic (exact) mass is 647 g/mol. The zero-order chi connectivity index (χ0) is 32.5. The van der Waals surface area contributed by atoms with Gasteiger partial charge in [-0.25, -0.2) is 0 Å². The van der Waals surface area contributed by atoms with E-state index in [1.807, 2.05) is 12.1 Å². The summed E-state index contributed by atoms with van der Waals surface area (Å²) >= 11 is 0. The summed E-state index contributed by atoms with van der Waals surface area (Å²) in [6.45, 7) is 4.59. The van der Waals surface area contributed by atoms with E-state index >= 15 is 0 Å². The van der Waals surface area contributed by atoms with Crippen molar-refractivity contribution >= 4 is 13.7 Å². The van der Waals surface area contributed by atoms with Gasteiger partial charge in [-0.15, -0.1) is 0 Å². The molecular weight excluding hydrogens is 567 g/mol. The second kappa shape index (κ2) is 33.5. The fraction of sp³-hybridized carbons (Fsp3) is 0.857. The lowest BCUT2D eigenvalue weighted by molar-refractivity contribution is 0.496. The van der Waals surface area contributed by atoms with Crippen molar-refractivity contribution in [2.75, 3.05) is 0 Å². The van der Waals surface area contributed by atoms with E-state index in [-0.39, 0.29) is 0 Å². The Morgan fingerprint density at radius 2 is 0.667 bits per heavy atom. The number of rotatable bonds is 35. The van der Waals surface area contributed by atoms with Crippen molar-refractivity contribution in [1.82, 2.24) is 0 Å². The third-order valence-electron chi connectivity index (χ3n) is 10.0. The lowest BCUT2D eigenvalue weighted by Gasteiger charge is -2.16. The summed E-state index contributed by atoms with van der Waals surface area (Å²) in [6.07, 6.45) is 46.6. The first-order valence-corrected chi connectivity index (χ1v) is 21.7. The van der Waals surface area contributed by atoms with Gasteiger partial charge in [-0.1, -0.05) is 219 Å². The molecule has 45 heavy (non-hydrogen) atoms. The summed E-state index contributed by atoms with van der Waals surface area (Å²) in [4.78, 5) is 20.2. The van der Waals surface area contributed by atoms with Gasteiger partial charge in [0, 0.05) is 5.30 Å². The minimum atomic E-state index is -2.02. The van der Waals surface area contributed by atoms with Crippen LogP contribution in [0.25, 0.3) is 0 Å². The lowest BCUT2D eigenvalue weighted by atomic mass is 9.96. The molecule has 2 N–H and O–H groups in total. The van der Waals surface area contributed by atoms with E-state index in [1.54, 1.807) is 0 Å². The minimum absolute atomic E-state index is 0.806. The number of hydrogen-bond acceptors (Lipinski definition) is 2. The van der Waals surface area contributed by atoms with Crippen LogP contribution >= 0.6 is 8.38 Å². The van der Waals surface area contributed by atoms with Crippen LogP contribution in [0.5, 0.6) is 0 Å². The van der Waals surface area contributed by atoms with Crippen LogP contribution in [0.15, 0.2) is 18.2 Å². The molecule has 1 rings (SSSR count). The molecule has 3 heteroatoms. The van der Waals surface area contributed by atoms with Crippen LogP contribution in [0.1, 0.15) is 230 Å². The molecule has 0 saturated carbocycles. The standard InChI is InChI=1S/C42H79O2P/c1-3-5-7-9-11-13-15-17-19-21-23-25-27-29-31-33-36-40-37-35-39-42(45(43)44)41(40)38-34-32-30-28-26-24-22-20-18-16-14-12-10-8-6-4-2/h35,37,39,43-44H,3-34,36,38H2,1-2H3. The van der Waals surface area contributed by atoms with Gasteiger partial charge in [0.15, 0.2) is 8.38 Å². The number of aryl methyl sites for hydroxylation is 1. The Kier molecular flexibility index (Phi) is 31.7. The van der Waals surface area contributed by atoms with Crippen molar-refractivity contribution in [3.05, 3.63) is 29.3 Å². The molecule has 0 amide bonds. The molecule has 1 aromatic carbocycles. The van der Waals surface area contributed by atoms with E-state index in [0.717, 1.165) is 18.1 Å². The molecule has 0 fully saturated rings. The van der Waals surface area contributed by atoms with Crippen LogP contribution in [0.2, 0.25) is 0 Å². The molecule has 1 aromatic rings. The third kappa shape index (κ3) is 26.2. The summed E-state index contributed by atoms with van der Waals surface area (Å²) in [6, 6.07) is 6.23. The number of benzene rings is 1. The predicted octanol–water partition coefficient (Wildman–Crippen LogP) is 14.2. The van der Waals surface area contributed by atoms with E-state index in [2.05, 4.69) is 19.9 Å². The average Bonchev–Trinajstić information content (AvgIpc) is 3.04. The quantitative estimate of drug-likeness (QED) is 0.0569. The fourth-order valence-corrected chi connectivity index (χ4v) is 7.76. The average molecular weight is 647 g/mol. The lowest BCUT2D eigenvalue weighted by Crippen LogP contribution is -2.12. The third-order valence-corrected chi connectivity index (χ3v) is 10.9. The van der Waals surface area contributed by atoms with Gasteiger partial charge in [-0.2, -0.15) is 0 Å². The van der Waals surface area contributed by atoms with Gasteiger partial charge in [0.2, 0.25) is 0 Å². The van der Waals surface area contributed by atoms with Gasteiger partial charge >= 0.3 is 0 Å². The summed E-state index contributed by atoms with van der Waals surface area (Å²) in [5.74, 6) is 0. The molecule has 0 spiro atoms. The number of unbranched alkanes of at least 4 members (excludes halogenated alkanes) is 30. The molecule has 0 aromatic heterocycles. The Balaban J connectivity index is 2.07. The van der Waals surface area contributed by atoms with Crippen molar-refractivity contribution in [2.24, 2.45) is 0 Å². The summed E-state index contributed by atoms with van der Waals surface area (Å²) in [5, 5.41) is 0.806. The summed E-state index contributed by atoms with van der Waals surface area (Å²) < 4.78 is 0. The van der Waals surface area contributed by atoms with Crippen LogP contribution in [-0.4, -0.2) is 9.79 Å². The first kappa shape index (κ1) is 42.6. The second-order valence-corrected chi connectivity index (χ2v) is 15.4. The van der Waals surface area contributed by atoms with E-state index in [0.29, 0.717) is 0 Å². The van der Waals surface area contributed by atoms with Gasteiger partial charge in [-0.3, -0.25) is 0 Å². The highest BCUT2D eigenvalue weighted by Crippen LogP contribution is 2.28. The molecule has 2 nitrogen and oxygen atoms in total. The topological polar surface area (TPSA) is 40.5 Å². The van der Waals surface area contributed by atoms with Crippen LogP contribution in [0.3, 0.4) is 0 Å². The SMILES string of the molecule is CCCCCCCCCCCCCCCCCCc1cccc(P(O)O)c1CCCCCCCCCCCCCCCCCC. The highest BCUT2D eigenvalue weighted by atomic mass is 31.2. The number of hydrogen-bond donors (Lipinski definition) is 2. The molecule has 0 aliphatic carbocycles. The van der Waals surface area contributed by atoms with Gasteiger partial charge in [-0.05, 0) is 42.9 Å². The zero-order valence-electron chi connectivity index (χ0n) is 30.6. The van der Waals surface area contributed by atoms with Crippen molar-refractivity contribution in [3.8, 4) is 0 Å². The van der Waals surface area contributed by atoms with Crippen LogP contribution in [-0.2, 0) is 12.8 Å². The molecule has 0 unspecified atom stereocenters. The first-order chi connectivity index (χ1) is 22.2. The summed E-state index contributed by atoms with van der Waals surface area (Å²) in [5.41, 5.74) is 2.62. The van der Waals surface area contributed by atoms with Gasteiger partial charge in [0.25, 0.3) is 0 Å². The molecule has 0 aliphatic heterocycles. The van der Waals surface area contributed by atoms with E-state index in [9.17, 15) is 9.79 Å². The van der Waals surface area contributed by atoms with Gasteiger partial charge in [0.05, 0.1) is 0 Å². The summed E-state index contributed by atoms with van der Waals surface area (Å²) in [7, 11) is -2.02. The normalized spacial score (nSPS) is 11.7. The van der Waals surface area contributed by atoms with Gasteiger partial charge in [0.1, 0.15) is 0 Å². The Morgan fingerprint density at radius 3 is 0.978 bits per heavy atom. The largest absolute Gasteiger partial charge is 0.347 e. The minimum Gasteiger partial charge on any atom is -0.347 e. The first-order valence-electron chi connectivity index (χ1n) is 20.5. The van der Waals surface area contributed by atoms with E-state index < -0.39 is 8.38 Å². The Bertz CT molecular complexity index is 733. The maximum Gasteiger partial charge on any atom is 0.199 e.